The Bertz CT molecular complexity index is 458. The minimum atomic E-state index is 0.0219. The van der Waals surface area contributed by atoms with Gasteiger partial charge in [-0.05, 0) is 31.0 Å². The molecule has 1 aliphatic carbocycles. The zero-order valence-electron chi connectivity index (χ0n) is 10.5. The van der Waals surface area contributed by atoms with E-state index in [4.69, 9.17) is 22.1 Å². The van der Waals surface area contributed by atoms with Gasteiger partial charge in [-0.3, -0.25) is 4.79 Å². The van der Waals surface area contributed by atoms with Gasteiger partial charge in [0, 0.05) is 24.0 Å². The molecule has 0 saturated heterocycles. The highest BCUT2D eigenvalue weighted by Gasteiger charge is 2.34. The molecule has 1 aliphatic rings. The number of carbonyl (C=O) groups is 1. The molecular weight excluding hydrogens is 252 g/mol. The van der Waals surface area contributed by atoms with Crippen molar-refractivity contribution >= 4 is 23.2 Å². The van der Waals surface area contributed by atoms with Crippen molar-refractivity contribution in [3.63, 3.8) is 0 Å². The number of hydrogen-bond donors (Lipinski definition) is 1. The third-order valence-corrected chi connectivity index (χ3v) is 3.59. The van der Waals surface area contributed by atoms with E-state index in [0.29, 0.717) is 16.5 Å². The molecule has 1 aromatic rings. The summed E-state index contributed by atoms with van der Waals surface area (Å²) in [6.07, 6.45) is 1.51. The van der Waals surface area contributed by atoms with Crippen molar-refractivity contribution < 1.29 is 9.53 Å². The first kappa shape index (κ1) is 13.2. The highest BCUT2D eigenvalue weighted by Crippen LogP contribution is 2.34. The summed E-state index contributed by atoms with van der Waals surface area (Å²) in [5, 5.41) is 0.579. The number of halogens is 1. The largest absolute Gasteiger partial charge is 0.495 e. The van der Waals surface area contributed by atoms with Crippen LogP contribution in [0.25, 0.3) is 0 Å². The van der Waals surface area contributed by atoms with E-state index < -0.39 is 0 Å². The number of ether oxygens (including phenoxy) is 1. The number of methoxy groups -OCH3 is 1. The summed E-state index contributed by atoms with van der Waals surface area (Å²) >= 11 is 5.96. The molecule has 1 amide bonds. The molecule has 0 heterocycles. The van der Waals surface area contributed by atoms with Crippen LogP contribution in [0.1, 0.15) is 12.8 Å². The van der Waals surface area contributed by atoms with Gasteiger partial charge in [0.05, 0.1) is 12.8 Å². The van der Waals surface area contributed by atoms with E-state index in [1.165, 1.54) is 0 Å². The minimum Gasteiger partial charge on any atom is -0.495 e. The lowest BCUT2D eigenvalue weighted by molar-refractivity contribution is -0.124. The maximum absolute atomic E-state index is 12.2. The number of carbonyl (C=O) groups excluding carboxylic acids is 1. The molecule has 0 atom stereocenters. The van der Waals surface area contributed by atoms with Gasteiger partial charge in [-0.15, -0.1) is 0 Å². The van der Waals surface area contributed by atoms with Crippen LogP contribution < -0.4 is 15.4 Å². The van der Waals surface area contributed by atoms with Crippen molar-refractivity contribution in [1.82, 2.24) is 0 Å². The Balaban J connectivity index is 2.19. The summed E-state index contributed by atoms with van der Waals surface area (Å²) in [7, 11) is 3.31. The van der Waals surface area contributed by atoms with Crippen LogP contribution in [0.3, 0.4) is 0 Å². The monoisotopic (exact) mass is 268 g/mol. The standard InChI is InChI=1S/C13H17ClN2O2/c1-16(13(17)8-5-10(15)6-8)11-7-9(14)3-4-12(11)18-2/h3-4,7-8,10H,5-6,15H2,1-2H3. The van der Waals surface area contributed by atoms with Crippen LogP contribution in [0.4, 0.5) is 5.69 Å². The lowest BCUT2D eigenvalue weighted by Crippen LogP contribution is -2.45. The molecule has 0 aliphatic heterocycles. The molecule has 0 aromatic heterocycles. The molecule has 4 nitrogen and oxygen atoms in total. The van der Waals surface area contributed by atoms with Crippen molar-refractivity contribution in [3.8, 4) is 5.75 Å². The van der Waals surface area contributed by atoms with E-state index in [1.54, 1.807) is 37.3 Å². The number of hydrogen-bond acceptors (Lipinski definition) is 3. The number of nitrogens with zero attached hydrogens (tertiary/aromatic N) is 1. The molecule has 5 heteroatoms. The highest BCUT2D eigenvalue weighted by molar-refractivity contribution is 6.31. The number of rotatable bonds is 3. The van der Waals surface area contributed by atoms with Crippen LogP contribution in [-0.2, 0) is 4.79 Å². The smallest absolute Gasteiger partial charge is 0.230 e. The molecule has 0 radical (unpaired) electrons. The summed E-state index contributed by atoms with van der Waals surface area (Å²) in [6, 6.07) is 5.39. The van der Waals surface area contributed by atoms with Crippen LogP contribution in [0.15, 0.2) is 18.2 Å². The Morgan fingerprint density at radius 3 is 2.72 bits per heavy atom. The van der Waals surface area contributed by atoms with Gasteiger partial charge in [0.15, 0.2) is 0 Å². The highest BCUT2D eigenvalue weighted by atomic mass is 35.5. The Hall–Kier alpha value is -1.26. The quantitative estimate of drug-likeness (QED) is 0.913. The second-order valence-corrected chi connectivity index (χ2v) is 5.08. The normalized spacial score (nSPS) is 22.2. The van der Waals surface area contributed by atoms with Crippen LogP contribution >= 0.6 is 11.6 Å². The Morgan fingerprint density at radius 1 is 1.50 bits per heavy atom. The molecule has 1 fully saturated rings. The molecule has 1 aromatic carbocycles. The zero-order chi connectivity index (χ0) is 13.3. The van der Waals surface area contributed by atoms with E-state index in [-0.39, 0.29) is 17.9 Å². The van der Waals surface area contributed by atoms with Crippen molar-refractivity contribution in [2.45, 2.75) is 18.9 Å². The first-order valence-corrected chi connectivity index (χ1v) is 6.27. The van der Waals surface area contributed by atoms with Gasteiger partial charge in [0.2, 0.25) is 5.91 Å². The fourth-order valence-electron chi connectivity index (χ4n) is 2.18. The zero-order valence-corrected chi connectivity index (χ0v) is 11.3. The third-order valence-electron chi connectivity index (χ3n) is 3.36. The molecule has 98 valence electrons. The number of nitrogens with two attached hydrogens (primary N) is 1. The average Bonchev–Trinajstić information content (AvgIpc) is 2.33. The second-order valence-electron chi connectivity index (χ2n) is 4.64. The summed E-state index contributed by atoms with van der Waals surface area (Å²) in [6.45, 7) is 0. The van der Waals surface area contributed by atoms with Crippen molar-refractivity contribution in [2.75, 3.05) is 19.1 Å². The second kappa shape index (κ2) is 5.16. The first-order chi connectivity index (χ1) is 8.52. The lowest BCUT2D eigenvalue weighted by atomic mass is 9.80. The predicted molar refractivity (Wildman–Crippen MR) is 72.1 cm³/mol. The van der Waals surface area contributed by atoms with Gasteiger partial charge in [-0.1, -0.05) is 11.6 Å². The lowest BCUT2D eigenvalue weighted by Gasteiger charge is -2.34. The van der Waals surface area contributed by atoms with Crippen LogP contribution in [0.2, 0.25) is 5.02 Å². The van der Waals surface area contributed by atoms with E-state index in [0.717, 1.165) is 12.8 Å². The van der Waals surface area contributed by atoms with E-state index in [1.807, 2.05) is 0 Å². The fraction of sp³-hybridized carbons (Fsp3) is 0.462. The van der Waals surface area contributed by atoms with E-state index in [9.17, 15) is 4.79 Å². The minimum absolute atomic E-state index is 0.0219. The van der Waals surface area contributed by atoms with Gasteiger partial charge < -0.3 is 15.4 Å². The first-order valence-electron chi connectivity index (χ1n) is 5.89. The van der Waals surface area contributed by atoms with Crippen molar-refractivity contribution in [2.24, 2.45) is 11.7 Å². The topological polar surface area (TPSA) is 55.6 Å². The molecule has 0 bridgehead atoms. The van der Waals surface area contributed by atoms with Crippen molar-refractivity contribution in [1.29, 1.82) is 0 Å². The van der Waals surface area contributed by atoms with Gasteiger partial charge in [0.25, 0.3) is 0 Å². The molecule has 0 spiro atoms. The molecule has 2 N–H and O–H groups in total. The Kier molecular flexibility index (Phi) is 3.78. The molecule has 1 saturated carbocycles. The van der Waals surface area contributed by atoms with E-state index >= 15 is 0 Å². The third kappa shape index (κ3) is 2.44. The van der Waals surface area contributed by atoms with Gasteiger partial charge in [0.1, 0.15) is 5.75 Å². The summed E-state index contributed by atoms with van der Waals surface area (Å²) < 4.78 is 5.25. The van der Waals surface area contributed by atoms with Gasteiger partial charge in [-0.2, -0.15) is 0 Å². The maximum atomic E-state index is 12.2. The summed E-state index contributed by atoms with van der Waals surface area (Å²) in [4.78, 5) is 13.8. The molecule has 0 unspecified atom stereocenters. The Morgan fingerprint density at radius 2 is 2.17 bits per heavy atom. The number of benzene rings is 1. The SMILES string of the molecule is COc1ccc(Cl)cc1N(C)C(=O)C1CC(N)C1. The number of amides is 1. The summed E-state index contributed by atoms with van der Waals surface area (Å²) in [5.74, 6) is 0.727. The van der Waals surface area contributed by atoms with Crippen LogP contribution in [0, 0.1) is 5.92 Å². The van der Waals surface area contributed by atoms with Crippen LogP contribution in [0.5, 0.6) is 5.75 Å². The Labute approximate surface area is 112 Å². The summed E-state index contributed by atoms with van der Waals surface area (Å²) in [5.41, 5.74) is 6.40. The maximum Gasteiger partial charge on any atom is 0.230 e. The molecule has 2 rings (SSSR count). The fourth-order valence-corrected chi connectivity index (χ4v) is 2.35. The number of anilines is 1. The average molecular weight is 269 g/mol. The van der Waals surface area contributed by atoms with Gasteiger partial charge in [-0.25, -0.2) is 0 Å². The van der Waals surface area contributed by atoms with Gasteiger partial charge >= 0.3 is 0 Å². The molecule has 18 heavy (non-hydrogen) atoms. The molecular formula is C13H17ClN2O2. The van der Waals surface area contributed by atoms with E-state index in [2.05, 4.69) is 0 Å². The van der Waals surface area contributed by atoms with Crippen molar-refractivity contribution in [3.05, 3.63) is 23.2 Å². The predicted octanol–water partition coefficient (Wildman–Crippen LogP) is 2.05. The van der Waals surface area contributed by atoms with Crippen LogP contribution in [-0.4, -0.2) is 26.1 Å².